The van der Waals surface area contributed by atoms with E-state index in [1.807, 2.05) is 6.92 Å². The average molecular weight is 496 g/mol. The van der Waals surface area contributed by atoms with Gasteiger partial charge in [0.25, 0.3) is 5.91 Å². The van der Waals surface area contributed by atoms with Gasteiger partial charge in [-0.3, -0.25) is 9.10 Å². The summed E-state index contributed by atoms with van der Waals surface area (Å²) in [5.74, 6) is -0.842. The summed E-state index contributed by atoms with van der Waals surface area (Å²) >= 11 is 0. The maximum Gasteiger partial charge on any atom is 0.303 e. The van der Waals surface area contributed by atoms with Gasteiger partial charge in [0.15, 0.2) is 0 Å². The molecule has 0 radical (unpaired) electrons. The van der Waals surface area contributed by atoms with Crippen molar-refractivity contribution in [1.29, 1.82) is 0 Å². The number of nitrogens with zero attached hydrogens (tertiary/aromatic N) is 2. The number of fused-ring (bicyclic) bond motifs is 1. The Kier molecular flexibility index (Phi) is 7.23. The molecule has 0 aromatic heterocycles. The summed E-state index contributed by atoms with van der Waals surface area (Å²) in [6.07, 6.45) is 3.38. The average Bonchev–Trinajstić information content (AvgIpc) is 3.31. The van der Waals surface area contributed by atoms with Crippen LogP contribution in [0.1, 0.15) is 52.0 Å². The first-order chi connectivity index (χ1) is 16.7. The highest BCUT2D eigenvalue weighted by Gasteiger charge is 2.27. The van der Waals surface area contributed by atoms with E-state index < -0.39 is 16.0 Å². The zero-order chi connectivity index (χ0) is 25.2. The first kappa shape index (κ1) is 24.9. The van der Waals surface area contributed by atoms with Crippen LogP contribution in [0.25, 0.3) is 0 Å². The minimum Gasteiger partial charge on any atom is -0.346 e. The van der Waals surface area contributed by atoms with Crippen LogP contribution in [0.15, 0.2) is 66.7 Å². The molecular weight excluding hydrogens is 465 g/mol. The van der Waals surface area contributed by atoms with Crippen LogP contribution in [-0.2, 0) is 29.6 Å². The lowest BCUT2D eigenvalue weighted by molar-refractivity contribution is 0.0940. The van der Waals surface area contributed by atoms with Crippen molar-refractivity contribution < 1.29 is 17.6 Å². The van der Waals surface area contributed by atoms with E-state index in [1.165, 1.54) is 49.8 Å². The molecule has 3 aromatic carbocycles. The summed E-state index contributed by atoms with van der Waals surface area (Å²) in [5.41, 5.74) is 4.89. The monoisotopic (exact) mass is 495 g/mol. The topological polar surface area (TPSA) is 69.7 Å². The molecule has 1 amide bonds. The molecule has 0 fully saturated rings. The Labute approximate surface area is 206 Å². The second-order valence-electron chi connectivity index (χ2n) is 9.02. The van der Waals surface area contributed by atoms with E-state index in [1.54, 1.807) is 30.3 Å². The molecule has 1 aliphatic rings. The number of carbonyl (C=O) groups is 1. The van der Waals surface area contributed by atoms with E-state index in [9.17, 15) is 17.6 Å². The van der Waals surface area contributed by atoms with Crippen molar-refractivity contribution in [2.24, 2.45) is 0 Å². The summed E-state index contributed by atoms with van der Waals surface area (Å²) < 4.78 is 42.3. The van der Waals surface area contributed by atoms with E-state index in [0.29, 0.717) is 11.1 Å². The number of carbonyl (C=O) groups excluding carboxylic acids is 1. The van der Waals surface area contributed by atoms with Crippen molar-refractivity contribution in [3.05, 3.63) is 100 Å². The smallest absolute Gasteiger partial charge is 0.303 e. The molecule has 4 rings (SSSR count). The van der Waals surface area contributed by atoms with Crippen molar-refractivity contribution in [3.63, 3.8) is 0 Å². The summed E-state index contributed by atoms with van der Waals surface area (Å²) in [4.78, 5) is 12.8. The van der Waals surface area contributed by atoms with Gasteiger partial charge < -0.3 is 5.32 Å². The number of hydrogen-bond acceptors (Lipinski definition) is 3. The third-order valence-corrected chi connectivity index (χ3v) is 8.18. The number of halogens is 1. The molecule has 6 nitrogen and oxygen atoms in total. The Morgan fingerprint density at radius 2 is 1.69 bits per heavy atom. The lowest BCUT2D eigenvalue weighted by atomic mass is 10.0. The number of amides is 1. The van der Waals surface area contributed by atoms with Crippen LogP contribution in [0, 0.1) is 5.82 Å². The van der Waals surface area contributed by atoms with Crippen molar-refractivity contribution in [3.8, 4) is 0 Å². The Balaban J connectivity index is 1.49. The molecule has 1 atom stereocenters. The molecule has 1 N–H and O–H groups in total. The van der Waals surface area contributed by atoms with Gasteiger partial charge >= 0.3 is 10.2 Å². The fourth-order valence-corrected chi connectivity index (χ4v) is 5.40. The molecule has 1 aliphatic carbocycles. The van der Waals surface area contributed by atoms with Gasteiger partial charge in [0.2, 0.25) is 0 Å². The summed E-state index contributed by atoms with van der Waals surface area (Å²) in [7, 11) is -1.14. The number of benzene rings is 3. The van der Waals surface area contributed by atoms with Gasteiger partial charge in [-0.05, 0) is 72.7 Å². The molecule has 0 heterocycles. The zero-order valence-electron chi connectivity index (χ0n) is 20.2. The highest BCUT2D eigenvalue weighted by Crippen LogP contribution is 2.27. The number of nitrogens with one attached hydrogen (secondary N) is 1. The van der Waals surface area contributed by atoms with E-state index in [2.05, 4.69) is 23.5 Å². The second kappa shape index (κ2) is 10.2. The molecule has 184 valence electrons. The van der Waals surface area contributed by atoms with Gasteiger partial charge in [-0.15, -0.1) is 0 Å². The fraction of sp³-hybridized carbons (Fsp3) is 0.296. The third-order valence-electron chi connectivity index (χ3n) is 6.37. The second-order valence-corrected chi connectivity index (χ2v) is 11.1. The standard InChI is InChI=1S/C27H30FN3O3S/c1-19(23-16-15-21-7-6-8-24(21)17-23)29-27(32)22-13-11-20(12-14-22)18-31(35(33,34)30(2)3)26-10-5-4-9-25(26)28/h4-5,9-17,19H,6-8,18H2,1-3H3,(H,29,32). The summed E-state index contributed by atoms with van der Waals surface area (Å²) in [6.45, 7) is 1.89. The Bertz CT molecular complexity index is 1320. The Morgan fingerprint density at radius 3 is 2.37 bits per heavy atom. The van der Waals surface area contributed by atoms with Crippen LogP contribution in [0.5, 0.6) is 0 Å². The maximum atomic E-state index is 14.5. The van der Waals surface area contributed by atoms with E-state index >= 15 is 0 Å². The molecular formula is C27H30FN3O3S. The molecule has 0 spiro atoms. The first-order valence-electron chi connectivity index (χ1n) is 11.6. The lowest BCUT2D eigenvalue weighted by Crippen LogP contribution is -2.40. The minimum absolute atomic E-state index is 0.0359. The number of hydrogen-bond donors (Lipinski definition) is 1. The molecule has 0 aliphatic heterocycles. The van der Waals surface area contributed by atoms with Crippen LogP contribution < -0.4 is 9.62 Å². The summed E-state index contributed by atoms with van der Waals surface area (Å²) in [5, 5.41) is 3.03. The normalized spacial score (nSPS) is 14.0. The molecule has 1 unspecified atom stereocenters. The third kappa shape index (κ3) is 5.39. The lowest BCUT2D eigenvalue weighted by Gasteiger charge is -2.27. The predicted molar refractivity (Wildman–Crippen MR) is 136 cm³/mol. The van der Waals surface area contributed by atoms with Crippen LogP contribution in [0.4, 0.5) is 10.1 Å². The first-order valence-corrected chi connectivity index (χ1v) is 13.0. The van der Waals surface area contributed by atoms with E-state index in [0.717, 1.165) is 27.0 Å². The molecule has 35 heavy (non-hydrogen) atoms. The molecule has 0 saturated carbocycles. The minimum atomic E-state index is -3.94. The van der Waals surface area contributed by atoms with Gasteiger partial charge in [0, 0.05) is 19.7 Å². The number of para-hydroxylation sites is 1. The summed E-state index contributed by atoms with van der Waals surface area (Å²) in [6, 6.07) is 18.7. The maximum absolute atomic E-state index is 14.5. The van der Waals surface area contributed by atoms with E-state index in [4.69, 9.17) is 0 Å². The molecule has 3 aromatic rings. The fourth-order valence-electron chi connectivity index (χ4n) is 4.29. The van der Waals surface area contributed by atoms with Crippen molar-refractivity contribution in [2.75, 3.05) is 18.4 Å². The quantitative estimate of drug-likeness (QED) is 0.496. The highest BCUT2D eigenvalue weighted by atomic mass is 32.2. The van der Waals surface area contributed by atoms with Gasteiger partial charge in [-0.25, -0.2) is 4.39 Å². The van der Waals surface area contributed by atoms with Gasteiger partial charge in [-0.1, -0.05) is 42.5 Å². The molecule has 0 bridgehead atoms. The molecule has 0 saturated heterocycles. The van der Waals surface area contributed by atoms with Crippen LogP contribution in [0.2, 0.25) is 0 Å². The number of rotatable bonds is 8. The highest BCUT2D eigenvalue weighted by molar-refractivity contribution is 7.90. The van der Waals surface area contributed by atoms with Crippen LogP contribution in [-0.4, -0.2) is 32.7 Å². The van der Waals surface area contributed by atoms with Crippen LogP contribution >= 0.6 is 0 Å². The van der Waals surface area contributed by atoms with Crippen LogP contribution in [0.3, 0.4) is 0 Å². The number of aryl methyl sites for hydroxylation is 2. The van der Waals surface area contributed by atoms with Crippen molar-refractivity contribution in [1.82, 2.24) is 9.62 Å². The zero-order valence-corrected chi connectivity index (χ0v) is 21.0. The number of anilines is 1. The van der Waals surface area contributed by atoms with Gasteiger partial charge in [0.1, 0.15) is 5.82 Å². The Hall–Kier alpha value is -3.23. The van der Waals surface area contributed by atoms with E-state index in [-0.39, 0.29) is 24.2 Å². The van der Waals surface area contributed by atoms with Crippen molar-refractivity contribution >= 4 is 21.8 Å². The van der Waals surface area contributed by atoms with Gasteiger partial charge in [0.05, 0.1) is 18.3 Å². The predicted octanol–water partition coefficient (Wildman–Crippen LogP) is 4.62. The van der Waals surface area contributed by atoms with Gasteiger partial charge in [-0.2, -0.15) is 12.7 Å². The SMILES string of the molecule is CC(NC(=O)c1ccc(CN(c2ccccc2F)S(=O)(=O)N(C)C)cc1)c1ccc2c(c1)CCC2. The van der Waals surface area contributed by atoms with Crippen molar-refractivity contribution in [2.45, 2.75) is 38.8 Å². The Morgan fingerprint density at radius 1 is 1.00 bits per heavy atom. The largest absolute Gasteiger partial charge is 0.346 e. The molecule has 8 heteroatoms.